The Morgan fingerprint density at radius 2 is 1.97 bits per heavy atom. The summed E-state index contributed by atoms with van der Waals surface area (Å²) in [6.07, 6.45) is 5.00. The van der Waals surface area contributed by atoms with Gasteiger partial charge in [-0.2, -0.15) is 13.2 Å². The molecule has 168 valence electrons. The Balaban J connectivity index is 0.000000318. The van der Waals surface area contributed by atoms with E-state index in [9.17, 15) is 13.2 Å². The maximum Gasteiger partial charge on any atom is 0.490 e. The number of carboxylic acid groups (broad SMARTS) is 1. The number of nitrogens with zero attached hydrogens (tertiary/aromatic N) is 3. The van der Waals surface area contributed by atoms with Crippen molar-refractivity contribution < 1.29 is 32.5 Å². The van der Waals surface area contributed by atoms with Crippen LogP contribution in [0, 0.1) is 18.8 Å². The molecule has 1 spiro atoms. The summed E-state index contributed by atoms with van der Waals surface area (Å²) >= 11 is 0. The topological polar surface area (TPSA) is 84.8 Å². The molecule has 0 bridgehead atoms. The maximum absolute atomic E-state index is 10.6. The zero-order valence-electron chi connectivity index (χ0n) is 17.0. The molecule has 2 atom stereocenters. The zero-order chi connectivity index (χ0) is 21.8. The van der Waals surface area contributed by atoms with Crippen LogP contribution in [-0.2, 0) is 14.3 Å². The number of aliphatic carboxylic acids is 1. The highest BCUT2D eigenvalue weighted by atomic mass is 19.4. The molecule has 2 aliphatic carbocycles. The van der Waals surface area contributed by atoms with Crippen LogP contribution in [0.25, 0.3) is 0 Å². The van der Waals surface area contributed by atoms with Gasteiger partial charge in [0.15, 0.2) is 0 Å². The molecule has 1 N–H and O–H groups in total. The summed E-state index contributed by atoms with van der Waals surface area (Å²) in [6.45, 7) is 6.34. The Labute approximate surface area is 173 Å². The van der Waals surface area contributed by atoms with Crippen molar-refractivity contribution in [1.82, 2.24) is 9.97 Å². The van der Waals surface area contributed by atoms with Gasteiger partial charge in [0.2, 0.25) is 5.95 Å². The molecule has 7 nitrogen and oxygen atoms in total. The van der Waals surface area contributed by atoms with Crippen molar-refractivity contribution in [1.29, 1.82) is 0 Å². The lowest BCUT2D eigenvalue weighted by atomic mass is 9.89. The zero-order valence-corrected chi connectivity index (χ0v) is 17.0. The van der Waals surface area contributed by atoms with Crippen LogP contribution in [0.3, 0.4) is 0 Å². The van der Waals surface area contributed by atoms with Crippen LogP contribution in [-0.4, -0.2) is 65.7 Å². The van der Waals surface area contributed by atoms with Gasteiger partial charge in [-0.1, -0.05) is 6.42 Å². The van der Waals surface area contributed by atoms with Crippen molar-refractivity contribution in [2.24, 2.45) is 11.8 Å². The third kappa shape index (κ3) is 6.04. The molecule has 1 aromatic heterocycles. The number of anilines is 1. The van der Waals surface area contributed by atoms with Gasteiger partial charge in [0, 0.05) is 31.5 Å². The molecular weight excluding hydrogens is 403 g/mol. The number of hydrogen-bond donors (Lipinski definition) is 1. The summed E-state index contributed by atoms with van der Waals surface area (Å²) in [6, 6.07) is 0. The van der Waals surface area contributed by atoms with Gasteiger partial charge in [0.05, 0.1) is 25.4 Å². The van der Waals surface area contributed by atoms with Crippen LogP contribution < -0.4 is 4.90 Å². The first-order valence-electron chi connectivity index (χ1n) is 10.2. The summed E-state index contributed by atoms with van der Waals surface area (Å²) in [7, 11) is 0. The molecule has 3 aliphatic rings. The Kier molecular flexibility index (Phi) is 7.18. The van der Waals surface area contributed by atoms with Crippen LogP contribution in [0.5, 0.6) is 0 Å². The fraction of sp³-hybridized carbons (Fsp3) is 0.750. The number of halogens is 3. The lowest BCUT2D eigenvalue weighted by Gasteiger charge is -2.44. The quantitative estimate of drug-likeness (QED) is 0.766. The molecule has 4 rings (SSSR count). The number of aryl methyl sites for hydroxylation is 1. The summed E-state index contributed by atoms with van der Waals surface area (Å²) in [5.74, 6) is -0.582. The minimum Gasteiger partial charge on any atom is -0.475 e. The molecule has 1 aromatic rings. The average Bonchev–Trinajstić information content (AvgIpc) is 3.44. The highest BCUT2D eigenvalue weighted by Crippen LogP contribution is 2.42. The average molecular weight is 431 g/mol. The molecule has 0 radical (unpaired) electrons. The minimum absolute atomic E-state index is 0.0595. The number of aromatic nitrogens is 2. The van der Waals surface area contributed by atoms with Crippen molar-refractivity contribution in [3.05, 3.63) is 18.0 Å². The number of alkyl halides is 3. The van der Waals surface area contributed by atoms with Crippen LogP contribution >= 0.6 is 0 Å². The van der Waals surface area contributed by atoms with Gasteiger partial charge >= 0.3 is 12.1 Å². The lowest BCUT2D eigenvalue weighted by Crippen LogP contribution is -2.55. The Hall–Kier alpha value is -1.94. The minimum atomic E-state index is -5.08. The van der Waals surface area contributed by atoms with E-state index in [-0.39, 0.29) is 5.60 Å². The standard InChI is InChI=1S/C18H27N3O2.C2HF3O2/c1-14-9-19-17(20-10-14)21-7-8-23-18(13-21)6-2-3-16(18)12-22-11-15-4-5-15;3-2(4,5)1(6)7/h9-10,15-16H,2-8,11-13H2,1H3;(H,6,7)/t16-,18+;/m0./s1. The van der Waals surface area contributed by atoms with E-state index in [1.54, 1.807) is 0 Å². The van der Waals surface area contributed by atoms with Crippen LogP contribution in [0.15, 0.2) is 12.4 Å². The van der Waals surface area contributed by atoms with E-state index in [2.05, 4.69) is 14.9 Å². The van der Waals surface area contributed by atoms with Crippen LogP contribution in [0.4, 0.5) is 19.1 Å². The Morgan fingerprint density at radius 1 is 1.30 bits per heavy atom. The summed E-state index contributed by atoms with van der Waals surface area (Å²) in [5, 5.41) is 7.12. The van der Waals surface area contributed by atoms with E-state index in [0.29, 0.717) is 5.92 Å². The second-order valence-corrected chi connectivity index (χ2v) is 8.27. The maximum atomic E-state index is 10.6. The predicted molar refractivity (Wildman–Crippen MR) is 102 cm³/mol. The molecule has 1 saturated heterocycles. The number of ether oxygens (including phenoxy) is 2. The van der Waals surface area contributed by atoms with Crippen molar-refractivity contribution >= 4 is 11.9 Å². The smallest absolute Gasteiger partial charge is 0.475 e. The molecule has 1 aliphatic heterocycles. The second kappa shape index (κ2) is 9.47. The molecule has 0 amide bonds. The van der Waals surface area contributed by atoms with Gasteiger partial charge in [-0.3, -0.25) is 0 Å². The number of hydrogen-bond acceptors (Lipinski definition) is 6. The molecule has 0 unspecified atom stereocenters. The fourth-order valence-electron chi connectivity index (χ4n) is 3.94. The number of rotatable bonds is 5. The first-order chi connectivity index (χ1) is 14.2. The van der Waals surface area contributed by atoms with Gasteiger partial charge in [-0.15, -0.1) is 0 Å². The lowest BCUT2D eigenvalue weighted by molar-refractivity contribution is -0.192. The van der Waals surface area contributed by atoms with E-state index in [1.807, 2.05) is 19.3 Å². The molecule has 10 heteroatoms. The highest BCUT2D eigenvalue weighted by Gasteiger charge is 2.47. The third-order valence-corrected chi connectivity index (χ3v) is 5.77. The SMILES string of the molecule is Cc1cnc(N2CCO[C@]3(CCC[C@H]3COCC3CC3)C2)nc1.O=C(O)C(F)(F)F. The van der Waals surface area contributed by atoms with Crippen LogP contribution in [0.2, 0.25) is 0 Å². The summed E-state index contributed by atoms with van der Waals surface area (Å²) in [5.41, 5.74) is 1.04. The van der Waals surface area contributed by atoms with E-state index < -0.39 is 12.1 Å². The van der Waals surface area contributed by atoms with Crippen LogP contribution in [0.1, 0.15) is 37.7 Å². The Morgan fingerprint density at radius 3 is 2.57 bits per heavy atom. The van der Waals surface area contributed by atoms with Gasteiger partial charge in [0.25, 0.3) is 0 Å². The molecule has 30 heavy (non-hydrogen) atoms. The second-order valence-electron chi connectivity index (χ2n) is 8.27. The molecule has 3 fully saturated rings. The van der Waals surface area contributed by atoms with Gasteiger partial charge < -0.3 is 19.5 Å². The largest absolute Gasteiger partial charge is 0.490 e. The van der Waals surface area contributed by atoms with Crippen molar-refractivity contribution in [3.63, 3.8) is 0 Å². The predicted octanol–water partition coefficient (Wildman–Crippen LogP) is 3.22. The van der Waals surface area contributed by atoms with Crippen molar-refractivity contribution in [3.8, 4) is 0 Å². The Bertz CT molecular complexity index is 712. The van der Waals surface area contributed by atoms with Gasteiger partial charge in [-0.05, 0) is 44.1 Å². The van der Waals surface area contributed by atoms with E-state index in [1.165, 1.54) is 25.7 Å². The third-order valence-electron chi connectivity index (χ3n) is 5.77. The summed E-state index contributed by atoms with van der Waals surface area (Å²) in [4.78, 5) is 20.2. The molecular formula is C20H28F3N3O4. The molecule has 2 heterocycles. The van der Waals surface area contributed by atoms with Crippen molar-refractivity contribution in [2.45, 2.75) is 50.8 Å². The monoisotopic (exact) mass is 431 g/mol. The number of morpholine rings is 1. The molecule has 2 saturated carbocycles. The number of carbonyl (C=O) groups is 1. The van der Waals surface area contributed by atoms with E-state index >= 15 is 0 Å². The van der Waals surface area contributed by atoms with E-state index in [4.69, 9.17) is 19.4 Å². The van der Waals surface area contributed by atoms with Gasteiger partial charge in [0.1, 0.15) is 0 Å². The molecule has 0 aromatic carbocycles. The normalized spacial score (nSPS) is 26.4. The van der Waals surface area contributed by atoms with Crippen molar-refractivity contribution in [2.75, 3.05) is 37.8 Å². The highest BCUT2D eigenvalue weighted by molar-refractivity contribution is 5.73. The first kappa shape index (κ1) is 22.7. The first-order valence-corrected chi connectivity index (χ1v) is 10.2. The fourth-order valence-corrected chi connectivity index (χ4v) is 3.94. The number of carboxylic acids is 1. The van der Waals surface area contributed by atoms with E-state index in [0.717, 1.165) is 56.8 Å². The summed E-state index contributed by atoms with van der Waals surface area (Å²) < 4.78 is 44.0. The van der Waals surface area contributed by atoms with Gasteiger partial charge in [-0.25, -0.2) is 14.8 Å².